The third-order valence-corrected chi connectivity index (χ3v) is 3.00. The van der Waals surface area contributed by atoms with Gasteiger partial charge in [0.1, 0.15) is 10.3 Å². The van der Waals surface area contributed by atoms with Crippen molar-refractivity contribution in [2.24, 2.45) is 0 Å². The monoisotopic (exact) mass is 333 g/mol. The molecule has 2 N–H and O–H groups in total. The zero-order valence-electron chi connectivity index (χ0n) is 10.7. The summed E-state index contributed by atoms with van der Waals surface area (Å²) in [5.41, 5.74) is 1.31. The molecule has 0 saturated heterocycles. The maximum Gasteiger partial charge on any atom is 0.274 e. The standard InChI is InChI=1S/C14H12BrN3O2/c1-16-13(19)9-4-2-5-10(8-9)17-14(20)11-6-3-7-12(15)18-11/h2-8H,1H3,(H,16,19)(H,17,20). The molecule has 2 rings (SSSR count). The maximum atomic E-state index is 12.0. The van der Waals surface area contributed by atoms with E-state index in [-0.39, 0.29) is 11.8 Å². The molecule has 1 aromatic heterocycles. The van der Waals surface area contributed by atoms with E-state index in [4.69, 9.17) is 0 Å². The minimum atomic E-state index is -0.333. The fourth-order valence-corrected chi connectivity index (χ4v) is 1.96. The molecule has 1 heterocycles. The van der Waals surface area contributed by atoms with Crippen LogP contribution in [0.2, 0.25) is 0 Å². The lowest BCUT2D eigenvalue weighted by Crippen LogP contribution is -2.18. The summed E-state index contributed by atoms with van der Waals surface area (Å²) in [5, 5.41) is 5.23. The number of pyridine rings is 1. The summed E-state index contributed by atoms with van der Waals surface area (Å²) in [5.74, 6) is -0.540. The van der Waals surface area contributed by atoms with Crippen molar-refractivity contribution in [3.8, 4) is 0 Å². The SMILES string of the molecule is CNC(=O)c1cccc(NC(=O)c2cccc(Br)n2)c1. The Morgan fingerprint density at radius 3 is 2.55 bits per heavy atom. The lowest BCUT2D eigenvalue weighted by Gasteiger charge is -2.06. The number of anilines is 1. The van der Waals surface area contributed by atoms with Gasteiger partial charge < -0.3 is 10.6 Å². The van der Waals surface area contributed by atoms with Crippen molar-refractivity contribution in [3.05, 3.63) is 58.3 Å². The Hall–Kier alpha value is -2.21. The smallest absolute Gasteiger partial charge is 0.274 e. The second-order valence-corrected chi connectivity index (χ2v) is 4.77. The first kappa shape index (κ1) is 14.2. The number of rotatable bonds is 3. The molecule has 1 aromatic carbocycles. The van der Waals surface area contributed by atoms with Gasteiger partial charge in [-0.25, -0.2) is 4.98 Å². The molecule has 0 aliphatic carbocycles. The number of nitrogens with one attached hydrogen (secondary N) is 2. The number of carbonyl (C=O) groups excluding carboxylic acids is 2. The first-order valence-corrected chi connectivity index (χ1v) is 6.65. The normalized spacial score (nSPS) is 9.90. The largest absolute Gasteiger partial charge is 0.355 e. The average Bonchev–Trinajstić information content (AvgIpc) is 2.46. The molecule has 0 bridgehead atoms. The second-order valence-electron chi connectivity index (χ2n) is 3.96. The van der Waals surface area contributed by atoms with Gasteiger partial charge in [0.25, 0.3) is 11.8 Å². The molecule has 0 fully saturated rings. The maximum absolute atomic E-state index is 12.0. The molecule has 0 unspecified atom stereocenters. The van der Waals surface area contributed by atoms with Crippen LogP contribution in [0.5, 0.6) is 0 Å². The highest BCUT2D eigenvalue weighted by Crippen LogP contribution is 2.13. The molecule has 6 heteroatoms. The highest BCUT2D eigenvalue weighted by Gasteiger charge is 2.09. The second kappa shape index (κ2) is 6.29. The first-order valence-electron chi connectivity index (χ1n) is 5.86. The first-order chi connectivity index (χ1) is 9.60. The number of nitrogens with zero attached hydrogens (tertiary/aromatic N) is 1. The van der Waals surface area contributed by atoms with E-state index in [0.29, 0.717) is 21.5 Å². The van der Waals surface area contributed by atoms with Crippen LogP contribution in [-0.4, -0.2) is 23.8 Å². The van der Waals surface area contributed by atoms with Crippen molar-refractivity contribution in [2.45, 2.75) is 0 Å². The summed E-state index contributed by atoms with van der Waals surface area (Å²) in [7, 11) is 1.55. The average molecular weight is 334 g/mol. The molecule has 0 radical (unpaired) electrons. The Morgan fingerprint density at radius 1 is 1.10 bits per heavy atom. The van der Waals surface area contributed by atoms with E-state index in [0.717, 1.165) is 0 Å². The highest BCUT2D eigenvalue weighted by molar-refractivity contribution is 9.10. The predicted octanol–water partition coefficient (Wildman–Crippen LogP) is 2.46. The van der Waals surface area contributed by atoms with E-state index in [1.807, 2.05) is 0 Å². The van der Waals surface area contributed by atoms with E-state index in [1.165, 1.54) is 0 Å². The van der Waals surface area contributed by atoms with E-state index in [9.17, 15) is 9.59 Å². The zero-order valence-corrected chi connectivity index (χ0v) is 12.3. The summed E-state index contributed by atoms with van der Waals surface area (Å²) in [6.45, 7) is 0. The van der Waals surface area contributed by atoms with Gasteiger partial charge in [0.15, 0.2) is 0 Å². The molecule has 2 amide bonds. The van der Waals surface area contributed by atoms with Crippen LogP contribution in [0.15, 0.2) is 47.1 Å². The number of aromatic nitrogens is 1. The van der Waals surface area contributed by atoms with Gasteiger partial charge in [-0.15, -0.1) is 0 Å². The number of benzene rings is 1. The van der Waals surface area contributed by atoms with Gasteiger partial charge in [-0.05, 0) is 46.3 Å². The molecule has 0 aliphatic rings. The van der Waals surface area contributed by atoms with E-state index in [1.54, 1.807) is 49.5 Å². The number of carbonyl (C=O) groups is 2. The van der Waals surface area contributed by atoms with Crippen molar-refractivity contribution >= 4 is 33.4 Å². The van der Waals surface area contributed by atoms with Crippen LogP contribution in [0, 0.1) is 0 Å². The van der Waals surface area contributed by atoms with Crippen LogP contribution >= 0.6 is 15.9 Å². The van der Waals surface area contributed by atoms with Crippen molar-refractivity contribution in [3.63, 3.8) is 0 Å². The van der Waals surface area contributed by atoms with Crippen LogP contribution in [0.25, 0.3) is 0 Å². The van der Waals surface area contributed by atoms with Crippen molar-refractivity contribution in [1.29, 1.82) is 0 Å². The zero-order chi connectivity index (χ0) is 14.5. The number of hydrogen-bond acceptors (Lipinski definition) is 3. The topological polar surface area (TPSA) is 71.1 Å². The van der Waals surface area contributed by atoms with Gasteiger partial charge in [0, 0.05) is 18.3 Å². The summed E-state index contributed by atoms with van der Waals surface area (Å²) in [4.78, 5) is 27.6. The molecule has 0 aliphatic heterocycles. The van der Waals surface area contributed by atoms with E-state index >= 15 is 0 Å². The fourth-order valence-electron chi connectivity index (χ4n) is 1.61. The number of amides is 2. The van der Waals surface area contributed by atoms with Crippen molar-refractivity contribution < 1.29 is 9.59 Å². The Labute approximate surface area is 124 Å². The lowest BCUT2D eigenvalue weighted by molar-refractivity contribution is 0.0961. The molecular formula is C14H12BrN3O2. The number of hydrogen-bond donors (Lipinski definition) is 2. The van der Waals surface area contributed by atoms with Crippen LogP contribution in [0.1, 0.15) is 20.8 Å². The Balaban J connectivity index is 2.18. The summed E-state index contributed by atoms with van der Waals surface area (Å²) >= 11 is 3.21. The van der Waals surface area contributed by atoms with Crippen LogP contribution in [0.4, 0.5) is 5.69 Å². The minimum Gasteiger partial charge on any atom is -0.355 e. The van der Waals surface area contributed by atoms with Crippen molar-refractivity contribution in [1.82, 2.24) is 10.3 Å². The Kier molecular flexibility index (Phi) is 4.47. The molecule has 5 nitrogen and oxygen atoms in total. The third-order valence-electron chi connectivity index (χ3n) is 2.56. The van der Waals surface area contributed by atoms with Crippen LogP contribution in [-0.2, 0) is 0 Å². The van der Waals surface area contributed by atoms with Crippen LogP contribution in [0.3, 0.4) is 0 Å². The van der Waals surface area contributed by atoms with E-state index in [2.05, 4.69) is 31.5 Å². The summed E-state index contributed by atoms with van der Waals surface area (Å²) < 4.78 is 0.587. The quantitative estimate of drug-likeness (QED) is 0.847. The Bertz CT molecular complexity index is 658. The Morgan fingerprint density at radius 2 is 1.85 bits per heavy atom. The van der Waals surface area contributed by atoms with Crippen LogP contribution < -0.4 is 10.6 Å². The predicted molar refractivity (Wildman–Crippen MR) is 79.7 cm³/mol. The van der Waals surface area contributed by atoms with Gasteiger partial charge in [-0.3, -0.25) is 9.59 Å². The van der Waals surface area contributed by atoms with Gasteiger partial charge >= 0.3 is 0 Å². The molecule has 0 spiro atoms. The molecule has 0 saturated carbocycles. The van der Waals surface area contributed by atoms with Gasteiger partial charge in [-0.1, -0.05) is 12.1 Å². The van der Waals surface area contributed by atoms with Crippen molar-refractivity contribution in [2.75, 3.05) is 12.4 Å². The highest BCUT2D eigenvalue weighted by atomic mass is 79.9. The molecule has 2 aromatic rings. The molecule has 0 atom stereocenters. The molecule has 102 valence electrons. The van der Waals surface area contributed by atoms with Gasteiger partial charge in [0.2, 0.25) is 0 Å². The van der Waals surface area contributed by atoms with E-state index < -0.39 is 0 Å². The minimum absolute atomic E-state index is 0.207. The molecular weight excluding hydrogens is 322 g/mol. The lowest BCUT2D eigenvalue weighted by atomic mass is 10.2. The fraction of sp³-hybridized carbons (Fsp3) is 0.0714. The summed E-state index contributed by atoms with van der Waals surface area (Å²) in [6.07, 6.45) is 0. The van der Waals surface area contributed by atoms with Gasteiger partial charge in [-0.2, -0.15) is 0 Å². The molecule has 20 heavy (non-hydrogen) atoms. The third kappa shape index (κ3) is 3.42. The van der Waals surface area contributed by atoms with Gasteiger partial charge in [0.05, 0.1) is 0 Å². The number of halogens is 1. The summed E-state index contributed by atoms with van der Waals surface area (Å²) in [6, 6.07) is 11.8.